The SMILES string of the molecule is CCOC(=O)c1cc(OC(F)(F)F)c([N+](=O)[O-])nc1I. The van der Waals surface area contributed by atoms with Crippen LogP contribution in [0.4, 0.5) is 19.0 Å². The quantitative estimate of drug-likeness (QED) is 0.251. The van der Waals surface area contributed by atoms with E-state index in [2.05, 4.69) is 14.5 Å². The van der Waals surface area contributed by atoms with E-state index in [-0.39, 0.29) is 15.9 Å². The molecular formula is C9H6F3IN2O5. The molecule has 0 amide bonds. The number of carbonyl (C=O) groups excluding carboxylic acids is 1. The second-order valence-corrected chi connectivity index (χ2v) is 4.20. The summed E-state index contributed by atoms with van der Waals surface area (Å²) in [5.74, 6) is -3.27. The van der Waals surface area contributed by atoms with Gasteiger partial charge in [0.15, 0.2) is 0 Å². The number of hydrogen-bond donors (Lipinski definition) is 0. The van der Waals surface area contributed by atoms with Crippen molar-refractivity contribution in [2.75, 3.05) is 6.61 Å². The fourth-order valence-electron chi connectivity index (χ4n) is 1.15. The van der Waals surface area contributed by atoms with E-state index in [1.807, 2.05) is 0 Å². The third-order valence-electron chi connectivity index (χ3n) is 1.82. The summed E-state index contributed by atoms with van der Waals surface area (Å²) in [6.45, 7) is 1.48. The zero-order chi connectivity index (χ0) is 15.5. The molecular weight excluding hydrogens is 400 g/mol. The van der Waals surface area contributed by atoms with Crippen LogP contribution in [0.2, 0.25) is 0 Å². The van der Waals surface area contributed by atoms with E-state index in [1.165, 1.54) is 29.5 Å². The van der Waals surface area contributed by atoms with Crippen molar-refractivity contribution in [1.29, 1.82) is 0 Å². The zero-order valence-corrected chi connectivity index (χ0v) is 11.9. The molecule has 7 nitrogen and oxygen atoms in total. The van der Waals surface area contributed by atoms with Crippen LogP contribution in [-0.4, -0.2) is 28.8 Å². The van der Waals surface area contributed by atoms with Gasteiger partial charge in [0.2, 0.25) is 9.45 Å². The number of aromatic nitrogens is 1. The highest BCUT2D eigenvalue weighted by Crippen LogP contribution is 2.32. The molecule has 0 saturated heterocycles. The smallest absolute Gasteiger partial charge is 0.462 e. The molecule has 0 N–H and O–H groups in total. The van der Waals surface area contributed by atoms with Gasteiger partial charge in [0, 0.05) is 28.7 Å². The van der Waals surface area contributed by atoms with Crippen molar-refractivity contribution in [2.24, 2.45) is 0 Å². The summed E-state index contributed by atoms with van der Waals surface area (Å²) >= 11 is 1.47. The lowest BCUT2D eigenvalue weighted by Gasteiger charge is -2.10. The van der Waals surface area contributed by atoms with Crippen LogP contribution in [0, 0.1) is 13.8 Å². The van der Waals surface area contributed by atoms with Gasteiger partial charge in [-0.1, -0.05) is 0 Å². The third-order valence-corrected chi connectivity index (χ3v) is 2.64. The minimum Gasteiger partial charge on any atom is -0.462 e. The van der Waals surface area contributed by atoms with Crippen molar-refractivity contribution in [1.82, 2.24) is 4.98 Å². The van der Waals surface area contributed by atoms with E-state index in [4.69, 9.17) is 0 Å². The van der Waals surface area contributed by atoms with Gasteiger partial charge in [-0.15, -0.1) is 13.2 Å². The minimum atomic E-state index is -5.15. The van der Waals surface area contributed by atoms with Gasteiger partial charge in [-0.25, -0.2) is 4.79 Å². The molecule has 0 aliphatic carbocycles. The van der Waals surface area contributed by atoms with Crippen LogP contribution in [0.1, 0.15) is 17.3 Å². The fourth-order valence-corrected chi connectivity index (χ4v) is 1.75. The Morgan fingerprint density at radius 2 is 2.15 bits per heavy atom. The maximum Gasteiger partial charge on any atom is 0.573 e. The number of rotatable bonds is 4. The number of halogens is 4. The van der Waals surface area contributed by atoms with Crippen LogP contribution in [0.15, 0.2) is 6.07 Å². The van der Waals surface area contributed by atoms with Crippen molar-refractivity contribution in [3.63, 3.8) is 0 Å². The van der Waals surface area contributed by atoms with E-state index in [1.54, 1.807) is 0 Å². The molecule has 1 aromatic rings. The van der Waals surface area contributed by atoms with E-state index < -0.39 is 28.8 Å². The lowest BCUT2D eigenvalue weighted by Crippen LogP contribution is -2.19. The third kappa shape index (κ3) is 4.18. The predicted molar refractivity (Wildman–Crippen MR) is 66.2 cm³/mol. The van der Waals surface area contributed by atoms with Crippen LogP contribution in [0.5, 0.6) is 5.75 Å². The Kier molecular flexibility index (Phi) is 5.08. The average Bonchev–Trinajstić information content (AvgIpc) is 2.29. The lowest BCUT2D eigenvalue weighted by molar-refractivity contribution is -0.393. The molecule has 110 valence electrons. The summed E-state index contributed by atoms with van der Waals surface area (Å²) in [7, 11) is 0. The first kappa shape index (κ1) is 16.4. The minimum absolute atomic E-state index is 0.0125. The topological polar surface area (TPSA) is 91.6 Å². The summed E-state index contributed by atoms with van der Waals surface area (Å²) in [6, 6.07) is 0.582. The maximum absolute atomic E-state index is 12.2. The Morgan fingerprint density at radius 1 is 1.55 bits per heavy atom. The highest BCUT2D eigenvalue weighted by atomic mass is 127. The van der Waals surface area contributed by atoms with Crippen LogP contribution < -0.4 is 4.74 Å². The first-order valence-electron chi connectivity index (χ1n) is 4.93. The van der Waals surface area contributed by atoms with E-state index >= 15 is 0 Å². The van der Waals surface area contributed by atoms with Crippen molar-refractivity contribution in [3.05, 3.63) is 25.4 Å². The van der Waals surface area contributed by atoms with Gasteiger partial charge in [-0.3, -0.25) is 0 Å². The number of carbonyl (C=O) groups is 1. The van der Waals surface area contributed by atoms with Gasteiger partial charge >= 0.3 is 18.1 Å². The number of ether oxygens (including phenoxy) is 2. The highest BCUT2D eigenvalue weighted by molar-refractivity contribution is 14.1. The normalized spacial score (nSPS) is 11.1. The summed E-state index contributed by atoms with van der Waals surface area (Å²) in [4.78, 5) is 24.3. The van der Waals surface area contributed by atoms with Crippen LogP contribution >= 0.6 is 22.6 Å². The molecule has 0 radical (unpaired) electrons. The Hall–Kier alpha value is -1.66. The molecule has 0 aliphatic heterocycles. The standard InChI is InChI=1S/C9H6F3IN2O5/c1-2-19-8(16)4-3-5(20-9(10,11)12)7(15(17)18)14-6(4)13/h3H,2H2,1H3. The molecule has 0 aromatic carbocycles. The predicted octanol–water partition coefficient (Wildman–Crippen LogP) is 2.67. The highest BCUT2D eigenvalue weighted by Gasteiger charge is 2.36. The van der Waals surface area contributed by atoms with Crippen LogP contribution in [-0.2, 0) is 4.74 Å². The number of hydrogen-bond acceptors (Lipinski definition) is 6. The molecule has 0 aliphatic rings. The molecule has 0 saturated carbocycles. The summed E-state index contributed by atoms with van der Waals surface area (Å²) < 4.78 is 44.5. The van der Waals surface area contributed by atoms with Crippen molar-refractivity contribution >= 4 is 34.4 Å². The molecule has 11 heteroatoms. The molecule has 1 rings (SSSR count). The molecule has 0 unspecified atom stereocenters. The Morgan fingerprint density at radius 3 is 2.60 bits per heavy atom. The lowest BCUT2D eigenvalue weighted by atomic mass is 10.2. The largest absolute Gasteiger partial charge is 0.573 e. The molecule has 0 spiro atoms. The van der Waals surface area contributed by atoms with Crippen molar-refractivity contribution < 1.29 is 32.4 Å². The van der Waals surface area contributed by atoms with Gasteiger partial charge in [0.05, 0.1) is 6.61 Å². The Labute approximate surface area is 123 Å². The van der Waals surface area contributed by atoms with E-state index in [9.17, 15) is 28.1 Å². The first-order chi connectivity index (χ1) is 9.15. The van der Waals surface area contributed by atoms with Gasteiger partial charge in [0.1, 0.15) is 5.56 Å². The van der Waals surface area contributed by atoms with E-state index in [0.29, 0.717) is 6.07 Å². The van der Waals surface area contributed by atoms with Gasteiger partial charge in [-0.05, 0) is 16.8 Å². The van der Waals surface area contributed by atoms with Gasteiger partial charge in [0.25, 0.3) is 0 Å². The molecule has 0 fully saturated rings. The monoisotopic (exact) mass is 406 g/mol. The Balaban J connectivity index is 3.34. The van der Waals surface area contributed by atoms with E-state index in [0.717, 1.165) is 0 Å². The first-order valence-corrected chi connectivity index (χ1v) is 6.01. The van der Waals surface area contributed by atoms with Crippen LogP contribution in [0.3, 0.4) is 0 Å². The average molecular weight is 406 g/mol. The van der Waals surface area contributed by atoms with Crippen LogP contribution in [0.25, 0.3) is 0 Å². The zero-order valence-electron chi connectivity index (χ0n) is 9.73. The number of pyridine rings is 1. The molecule has 20 heavy (non-hydrogen) atoms. The second-order valence-electron chi connectivity index (χ2n) is 3.17. The van der Waals surface area contributed by atoms with Gasteiger partial charge in [-0.2, -0.15) is 0 Å². The van der Waals surface area contributed by atoms with Crippen molar-refractivity contribution in [3.8, 4) is 5.75 Å². The maximum atomic E-state index is 12.2. The molecule has 0 bridgehead atoms. The van der Waals surface area contributed by atoms with Crippen molar-refractivity contribution in [2.45, 2.75) is 13.3 Å². The number of nitrogens with zero attached hydrogens (tertiary/aromatic N) is 2. The second kappa shape index (κ2) is 6.19. The summed E-state index contributed by atoms with van der Waals surface area (Å²) in [5.41, 5.74) is -0.350. The molecule has 1 heterocycles. The molecule has 1 aromatic heterocycles. The number of nitro groups is 1. The Bertz CT molecular complexity index is 549. The fraction of sp³-hybridized carbons (Fsp3) is 0.333. The summed E-state index contributed by atoms with van der Waals surface area (Å²) in [5, 5.41) is 10.6. The number of esters is 1. The number of alkyl halides is 3. The summed E-state index contributed by atoms with van der Waals surface area (Å²) in [6.07, 6.45) is -5.15. The van der Waals surface area contributed by atoms with Gasteiger partial charge < -0.3 is 19.6 Å². The molecule has 0 atom stereocenters.